The summed E-state index contributed by atoms with van der Waals surface area (Å²) >= 11 is 0. The van der Waals surface area contributed by atoms with Crippen LogP contribution >= 0.6 is 0 Å². The number of nitrogens with zero attached hydrogens (tertiary/aromatic N) is 2. The number of para-hydroxylation sites is 1. The van der Waals surface area contributed by atoms with E-state index >= 15 is 0 Å². The molecule has 0 aliphatic rings. The van der Waals surface area contributed by atoms with Crippen LogP contribution in [-0.4, -0.2) is 21.9 Å². The number of aromatic nitrogens is 2. The van der Waals surface area contributed by atoms with Gasteiger partial charge in [-0.3, -0.25) is 14.8 Å². The SMILES string of the molecule is CC(=O)Nc1cnccc1-c1ccc(NC(=O)Nc2ccccc2)cn1. The van der Waals surface area contributed by atoms with Gasteiger partial charge in [0.2, 0.25) is 5.91 Å². The summed E-state index contributed by atoms with van der Waals surface area (Å²) < 4.78 is 0. The lowest BCUT2D eigenvalue weighted by Gasteiger charge is -2.10. The lowest BCUT2D eigenvalue weighted by atomic mass is 10.1. The average Bonchev–Trinajstić information content (AvgIpc) is 2.63. The van der Waals surface area contributed by atoms with Crippen LogP contribution < -0.4 is 16.0 Å². The Labute approximate surface area is 150 Å². The number of pyridine rings is 2. The van der Waals surface area contributed by atoms with E-state index in [-0.39, 0.29) is 11.9 Å². The molecule has 7 heteroatoms. The van der Waals surface area contributed by atoms with Gasteiger partial charge in [-0.1, -0.05) is 18.2 Å². The third-order valence-electron chi connectivity index (χ3n) is 3.46. The minimum atomic E-state index is -0.353. The van der Waals surface area contributed by atoms with Gasteiger partial charge < -0.3 is 16.0 Å². The van der Waals surface area contributed by atoms with Crippen molar-refractivity contribution < 1.29 is 9.59 Å². The molecule has 0 saturated heterocycles. The summed E-state index contributed by atoms with van der Waals surface area (Å²) in [6.45, 7) is 1.43. The summed E-state index contributed by atoms with van der Waals surface area (Å²) in [5, 5.41) is 8.18. The summed E-state index contributed by atoms with van der Waals surface area (Å²) in [4.78, 5) is 31.7. The van der Waals surface area contributed by atoms with E-state index in [2.05, 4.69) is 25.9 Å². The van der Waals surface area contributed by atoms with Gasteiger partial charge in [-0.2, -0.15) is 0 Å². The van der Waals surface area contributed by atoms with Crippen LogP contribution in [0.3, 0.4) is 0 Å². The van der Waals surface area contributed by atoms with Crippen molar-refractivity contribution in [1.29, 1.82) is 0 Å². The Kier molecular flexibility index (Phi) is 5.19. The van der Waals surface area contributed by atoms with Crippen molar-refractivity contribution >= 4 is 29.0 Å². The summed E-state index contributed by atoms with van der Waals surface area (Å²) in [6.07, 6.45) is 4.75. The monoisotopic (exact) mass is 347 g/mol. The molecular weight excluding hydrogens is 330 g/mol. The number of benzene rings is 1. The second-order valence-corrected chi connectivity index (χ2v) is 5.48. The first kappa shape index (κ1) is 17.1. The van der Waals surface area contributed by atoms with Crippen LogP contribution in [0, 0.1) is 0 Å². The normalized spacial score (nSPS) is 10.0. The van der Waals surface area contributed by atoms with Crippen molar-refractivity contribution in [2.45, 2.75) is 6.92 Å². The molecule has 2 aromatic heterocycles. The van der Waals surface area contributed by atoms with Crippen LogP contribution in [0.15, 0.2) is 67.1 Å². The summed E-state index contributed by atoms with van der Waals surface area (Å²) in [6, 6.07) is 14.1. The van der Waals surface area contributed by atoms with Crippen molar-refractivity contribution in [2.24, 2.45) is 0 Å². The number of carbonyl (C=O) groups excluding carboxylic acids is 2. The molecule has 1 aromatic carbocycles. The first-order valence-corrected chi connectivity index (χ1v) is 7.93. The molecule has 3 aromatic rings. The molecule has 0 atom stereocenters. The number of hydrogen-bond donors (Lipinski definition) is 3. The van der Waals surface area contributed by atoms with Gasteiger partial charge in [-0.15, -0.1) is 0 Å². The molecule has 0 aliphatic heterocycles. The fourth-order valence-corrected chi connectivity index (χ4v) is 2.35. The highest BCUT2D eigenvalue weighted by molar-refractivity contribution is 5.99. The molecule has 0 fully saturated rings. The second-order valence-electron chi connectivity index (χ2n) is 5.48. The molecular formula is C19H17N5O2. The maximum absolute atomic E-state index is 12.0. The van der Waals surface area contributed by atoms with Gasteiger partial charge in [-0.05, 0) is 30.3 Å². The highest BCUT2D eigenvalue weighted by Crippen LogP contribution is 2.26. The quantitative estimate of drug-likeness (QED) is 0.670. The Morgan fingerprint density at radius 2 is 1.62 bits per heavy atom. The number of rotatable bonds is 4. The van der Waals surface area contributed by atoms with E-state index in [1.165, 1.54) is 6.92 Å². The molecule has 3 rings (SSSR count). The summed E-state index contributed by atoms with van der Waals surface area (Å²) in [7, 11) is 0. The Morgan fingerprint density at radius 1 is 0.846 bits per heavy atom. The first-order valence-electron chi connectivity index (χ1n) is 7.93. The van der Waals surface area contributed by atoms with Gasteiger partial charge >= 0.3 is 6.03 Å². The van der Waals surface area contributed by atoms with Gasteiger partial charge in [0.05, 0.1) is 29.5 Å². The molecule has 130 valence electrons. The fraction of sp³-hybridized carbons (Fsp3) is 0.0526. The predicted octanol–water partition coefficient (Wildman–Crippen LogP) is 3.75. The van der Waals surface area contributed by atoms with Crippen molar-refractivity contribution in [2.75, 3.05) is 16.0 Å². The highest BCUT2D eigenvalue weighted by Gasteiger charge is 2.09. The van der Waals surface area contributed by atoms with Crippen LogP contribution in [0.4, 0.5) is 21.9 Å². The van der Waals surface area contributed by atoms with Crippen LogP contribution in [0.1, 0.15) is 6.92 Å². The molecule has 3 N–H and O–H groups in total. The Hall–Kier alpha value is -3.74. The van der Waals surface area contributed by atoms with Crippen molar-refractivity contribution in [3.8, 4) is 11.3 Å². The third kappa shape index (κ3) is 4.41. The Bertz CT molecular complexity index is 911. The standard InChI is InChI=1S/C19H17N5O2/c1-13(25)22-18-12-20-10-9-16(18)17-8-7-15(11-21-17)24-19(26)23-14-5-3-2-4-6-14/h2-12H,1H3,(H,22,25)(H2,23,24,26). The van der Waals surface area contributed by atoms with Gasteiger partial charge in [0.15, 0.2) is 0 Å². The van der Waals surface area contributed by atoms with Crippen molar-refractivity contribution in [1.82, 2.24) is 9.97 Å². The lowest BCUT2D eigenvalue weighted by molar-refractivity contribution is -0.114. The van der Waals surface area contributed by atoms with Crippen molar-refractivity contribution in [3.63, 3.8) is 0 Å². The van der Waals surface area contributed by atoms with E-state index in [4.69, 9.17) is 0 Å². The van der Waals surface area contributed by atoms with Gasteiger partial charge in [0.1, 0.15) is 0 Å². The minimum Gasteiger partial charge on any atom is -0.324 e. The number of urea groups is 1. The molecule has 7 nitrogen and oxygen atoms in total. The minimum absolute atomic E-state index is 0.185. The van der Waals surface area contributed by atoms with Gasteiger partial charge in [0, 0.05) is 24.4 Å². The van der Waals surface area contributed by atoms with Gasteiger partial charge in [0.25, 0.3) is 0 Å². The molecule has 26 heavy (non-hydrogen) atoms. The molecule has 0 aliphatic carbocycles. The fourth-order valence-electron chi connectivity index (χ4n) is 2.35. The van der Waals surface area contributed by atoms with E-state index in [1.807, 2.05) is 18.2 Å². The second kappa shape index (κ2) is 7.89. The molecule has 0 saturated carbocycles. The zero-order chi connectivity index (χ0) is 18.4. The first-order chi connectivity index (χ1) is 12.6. The number of nitrogens with one attached hydrogen (secondary N) is 3. The molecule has 0 bridgehead atoms. The molecule has 0 spiro atoms. The maximum Gasteiger partial charge on any atom is 0.323 e. The number of amides is 3. The molecule has 0 radical (unpaired) electrons. The van der Waals surface area contributed by atoms with E-state index in [0.717, 1.165) is 5.56 Å². The molecule has 3 amide bonds. The van der Waals surface area contributed by atoms with Crippen LogP contribution in [0.2, 0.25) is 0 Å². The van der Waals surface area contributed by atoms with Crippen LogP contribution in [0.5, 0.6) is 0 Å². The van der Waals surface area contributed by atoms with E-state index in [9.17, 15) is 9.59 Å². The summed E-state index contributed by atoms with van der Waals surface area (Å²) in [5.74, 6) is -0.185. The largest absolute Gasteiger partial charge is 0.324 e. The molecule has 0 unspecified atom stereocenters. The van der Waals surface area contributed by atoms with Gasteiger partial charge in [-0.25, -0.2) is 4.79 Å². The zero-order valence-electron chi connectivity index (χ0n) is 14.1. The third-order valence-corrected chi connectivity index (χ3v) is 3.46. The van der Waals surface area contributed by atoms with Crippen LogP contribution in [0.25, 0.3) is 11.3 Å². The van der Waals surface area contributed by atoms with E-state index in [0.29, 0.717) is 22.8 Å². The van der Waals surface area contributed by atoms with E-state index in [1.54, 1.807) is 48.9 Å². The zero-order valence-corrected chi connectivity index (χ0v) is 14.1. The Morgan fingerprint density at radius 3 is 2.31 bits per heavy atom. The summed E-state index contributed by atoms with van der Waals surface area (Å²) in [5.41, 5.74) is 3.24. The smallest absolute Gasteiger partial charge is 0.323 e. The molecule has 2 heterocycles. The highest BCUT2D eigenvalue weighted by atomic mass is 16.2. The number of anilines is 3. The average molecular weight is 347 g/mol. The topological polar surface area (TPSA) is 96.0 Å². The number of hydrogen-bond acceptors (Lipinski definition) is 4. The lowest BCUT2D eigenvalue weighted by Crippen LogP contribution is -2.19. The van der Waals surface area contributed by atoms with Crippen LogP contribution in [-0.2, 0) is 4.79 Å². The Balaban J connectivity index is 1.71. The predicted molar refractivity (Wildman–Crippen MR) is 101 cm³/mol. The van der Waals surface area contributed by atoms with E-state index < -0.39 is 0 Å². The van der Waals surface area contributed by atoms with Crippen molar-refractivity contribution in [3.05, 3.63) is 67.1 Å². The number of carbonyl (C=O) groups is 2. The maximum atomic E-state index is 12.0.